The van der Waals surface area contributed by atoms with Gasteiger partial charge in [0.2, 0.25) is 5.78 Å². The van der Waals surface area contributed by atoms with E-state index >= 15 is 0 Å². The molecule has 0 radical (unpaired) electrons. The second kappa shape index (κ2) is 11.0. The summed E-state index contributed by atoms with van der Waals surface area (Å²) < 4.78 is 0. The number of aliphatic hydroxyl groups is 4. The molecule has 1 unspecified atom stereocenters. The predicted octanol–water partition coefficient (Wildman–Crippen LogP) is 0.122. The van der Waals surface area contributed by atoms with Crippen molar-refractivity contribution in [1.82, 2.24) is 15.1 Å². The minimum Gasteiger partial charge on any atom is -0.510 e. The lowest BCUT2D eigenvalue weighted by molar-refractivity contribution is -0.742. The highest BCUT2D eigenvalue weighted by atomic mass is 16.9. The van der Waals surface area contributed by atoms with Gasteiger partial charge in [-0.1, -0.05) is 12.1 Å². The number of nitrogens with zero attached hydrogens (tertiary/aromatic N) is 3. The first-order valence-corrected chi connectivity index (χ1v) is 13.3. The van der Waals surface area contributed by atoms with E-state index in [0.29, 0.717) is 0 Å². The molecule has 1 amide bonds. The van der Waals surface area contributed by atoms with Crippen LogP contribution in [0.2, 0.25) is 0 Å². The number of phenolic OH excluding ortho intramolecular Hbond substituents is 1. The van der Waals surface area contributed by atoms with Crippen molar-refractivity contribution >= 4 is 17.5 Å². The third-order valence-electron chi connectivity index (χ3n) is 8.66. The zero-order chi connectivity index (χ0) is 31.3. The number of phenols is 1. The van der Waals surface area contributed by atoms with Gasteiger partial charge in [0.1, 0.15) is 22.8 Å². The van der Waals surface area contributed by atoms with Crippen LogP contribution in [0.1, 0.15) is 42.1 Å². The van der Waals surface area contributed by atoms with E-state index in [1.54, 1.807) is 14.1 Å². The molecule has 4 aliphatic rings. The Balaban J connectivity index is 0.000000952. The van der Waals surface area contributed by atoms with Crippen molar-refractivity contribution in [2.45, 2.75) is 43.4 Å². The molecule has 5 atom stereocenters. The number of aromatic hydroxyl groups is 1. The first-order valence-electron chi connectivity index (χ1n) is 13.3. The quantitative estimate of drug-likeness (QED) is 0.140. The lowest BCUT2D eigenvalue weighted by Crippen LogP contribution is -2.65. The Morgan fingerprint density at radius 2 is 1.76 bits per heavy atom. The van der Waals surface area contributed by atoms with Gasteiger partial charge in [-0.15, -0.1) is 10.1 Å². The van der Waals surface area contributed by atoms with Crippen molar-refractivity contribution in [1.29, 1.82) is 0 Å². The van der Waals surface area contributed by atoms with E-state index in [4.69, 9.17) is 15.3 Å². The monoisotopic (exact) mass is 590 g/mol. The summed E-state index contributed by atoms with van der Waals surface area (Å²) in [4.78, 5) is 52.4. The topological polar surface area (TPSA) is 234 Å². The van der Waals surface area contributed by atoms with Gasteiger partial charge in [0.05, 0.1) is 23.9 Å². The van der Waals surface area contributed by atoms with Crippen LogP contribution in [0, 0.1) is 22.0 Å². The number of Topliss-reactive ketones (excluding diaryl/α,β-unsaturated/α-hetero) is 2. The van der Waals surface area contributed by atoms with Crippen LogP contribution >= 0.6 is 0 Å². The molecule has 1 fully saturated rings. The molecular weight excluding hydrogens is 556 g/mol. The molecule has 0 bridgehead atoms. The summed E-state index contributed by atoms with van der Waals surface area (Å²) in [7, 11) is 3.18. The Kier molecular flexibility index (Phi) is 8.08. The highest BCUT2D eigenvalue weighted by Crippen LogP contribution is 2.56. The molecule has 0 spiro atoms. The minimum absolute atomic E-state index is 0.143. The van der Waals surface area contributed by atoms with E-state index in [0.717, 1.165) is 25.9 Å². The standard InChI is InChI=1S/C27H33N3O8.HNO3/c1-26(37)13-7-6-8-16(31)17(13)21(32)18-14(26)11-15-20(29(2)3)22(33)19(24(35)27(15,38)23(18)34)25(36)28-12-30-9-4-5-10-30;2-1(3)4/h6-8,14-15,20,31,33-34,37-38H,4-5,9-12H2,1-3H3,(H,28,36);(H,2,3,4)/t14?,15-,20-,26+,27-;/m0./s1. The molecule has 1 saturated heterocycles. The third-order valence-corrected chi connectivity index (χ3v) is 8.66. The Bertz CT molecular complexity index is 1390. The molecule has 15 heteroatoms. The first kappa shape index (κ1) is 30.9. The highest BCUT2D eigenvalue weighted by molar-refractivity contribution is 6.25. The summed E-state index contributed by atoms with van der Waals surface area (Å²) in [6.07, 6.45) is 1.78. The SMILES string of the molecule is CN(C)[C@@H]1C(O)=C(C(=O)NCN2CCCC2)C(=O)[C@@]2(O)C(O)=C3C(=O)c4c(O)cccc4[C@@](C)(O)C3C[C@@H]12.O=[N+]([O-])O. The van der Waals surface area contributed by atoms with Crippen molar-refractivity contribution in [2.75, 3.05) is 33.9 Å². The van der Waals surface area contributed by atoms with Crippen LogP contribution in [0.3, 0.4) is 0 Å². The molecule has 0 saturated carbocycles. The number of carbonyl (C=O) groups excluding carboxylic acids is 3. The zero-order valence-corrected chi connectivity index (χ0v) is 23.3. The molecule has 42 heavy (non-hydrogen) atoms. The number of hydrogen-bond acceptors (Lipinski definition) is 12. The zero-order valence-electron chi connectivity index (χ0n) is 23.3. The van der Waals surface area contributed by atoms with Crippen LogP contribution < -0.4 is 5.32 Å². The molecule has 3 aliphatic carbocycles. The van der Waals surface area contributed by atoms with Crippen molar-refractivity contribution in [3.63, 3.8) is 0 Å². The maximum absolute atomic E-state index is 13.8. The fourth-order valence-corrected chi connectivity index (χ4v) is 6.70. The van der Waals surface area contributed by atoms with Gasteiger partial charge in [-0.05, 0) is 65.0 Å². The van der Waals surface area contributed by atoms with Gasteiger partial charge < -0.3 is 36.1 Å². The summed E-state index contributed by atoms with van der Waals surface area (Å²) in [5.74, 6) is -7.17. The van der Waals surface area contributed by atoms with Gasteiger partial charge in [-0.2, -0.15) is 0 Å². The summed E-state index contributed by atoms with van der Waals surface area (Å²) >= 11 is 0. The highest BCUT2D eigenvalue weighted by Gasteiger charge is 2.65. The Morgan fingerprint density at radius 3 is 2.33 bits per heavy atom. The number of likely N-dealkylation sites (tertiary alicyclic amines) is 1. The Hall–Kier alpha value is -4.05. The predicted molar refractivity (Wildman–Crippen MR) is 143 cm³/mol. The second-order valence-electron chi connectivity index (χ2n) is 11.3. The molecule has 1 heterocycles. The molecule has 5 rings (SSSR count). The molecule has 7 N–H and O–H groups in total. The minimum atomic E-state index is -2.72. The lowest BCUT2D eigenvalue weighted by Gasteiger charge is -2.52. The fraction of sp³-hybridized carbons (Fsp3) is 0.519. The van der Waals surface area contributed by atoms with Gasteiger partial charge in [0.25, 0.3) is 11.0 Å². The Labute approximate surface area is 240 Å². The van der Waals surface area contributed by atoms with Gasteiger partial charge >= 0.3 is 0 Å². The van der Waals surface area contributed by atoms with Gasteiger partial charge in [0.15, 0.2) is 11.4 Å². The van der Waals surface area contributed by atoms with Crippen molar-refractivity contribution in [3.8, 4) is 5.75 Å². The number of rotatable bonds is 4. The molecule has 1 aromatic carbocycles. The van der Waals surface area contributed by atoms with Crippen LogP contribution in [0.15, 0.2) is 40.9 Å². The van der Waals surface area contributed by atoms with Gasteiger partial charge in [-0.3, -0.25) is 24.2 Å². The average molecular weight is 591 g/mol. The number of benzene rings is 1. The van der Waals surface area contributed by atoms with E-state index in [1.807, 2.05) is 4.90 Å². The molecule has 228 valence electrons. The van der Waals surface area contributed by atoms with E-state index < -0.39 is 80.1 Å². The maximum atomic E-state index is 13.8. The van der Waals surface area contributed by atoms with Crippen LogP contribution in [-0.2, 0) is 15.2 Å². The van der Waals surface area contributed by atoms with Crippen molar-refractivity contribution in [3.05, 3.63) is 62.1 Å². The normalized spacial score (nSPS) is 30.8. The number of aliphatic hydroxyl groups excluding tert-OH is 2. The van der Waals surface area contributed by atoms with Gasteiger partial charge in [0, 0.05) is 17.4 Å². The summed E-state index contributed by atoms with van der Waals surface area (Å²) in [6.45, 7) is 3.12. The molecule has 1 aromatic rings. The molecule has 0 aromatic heterocycles. The summed E-state index contributed by atoms with van der Waals surface area (Å²) in [6, 6.07) is 3.16. The number of ketones is 2. The number of fused-ring (bicyclic) bond motifs is 3. The van der Waals surface area contributed by atoms with Crippen LogP contribution in [-0.4, -0.2) is 109 Å². The average Bonchev–Trinajstić information content (AvgIpc) is 3.41. The molecular formula is C27H34N4O11. The summed E-state index contributed by atoms with van der Waals surface area (Å²) in [5.41, 5.74) is -5.65. The van der Waals surface area contributed by atoms with E-state index in [2.05, 4.69) is 5.32 Å². The van der Waals surface area contributed by atoms with Crippen molar-refractivity contribution in [2.24, 2.45) is 11.8 Å². The summed E-state index contributed by atoms with van der Waals surface area (Å²) in [5, 5.41) is 72.9. The lowest BCUT2D eigenvalue weighted by atomic mass is 9.55. The number of carbonyl (C=O) groups is 3. The van der Waals surface area contributed by atoms with Crippen LogP contribution in [0.25, 0.3) is 0 Å². The third kappa shape index (κ3) is 4.77. The van der Waals surface area contributed by atoms with Gasteiger partial charge in [-0.25, -0.2) is 0 Å². The molecule has 15 nitrogen and oxygen atoms in total. The first-order chi connectivity index (χ1) is 19.6. The van der Waals surface area contributed by atoms with E-state index in [-0.39, 0.29) is 24.2 Å². The van der Waals surface area contributed by atoms with E-state index in [1.165, 1.54) is 30.0 Å². The number of hydrogen-bond donors (Lipinski definition) is 7. The maximum Gasteiger partial charge on any atom is 0.291 e. The molecule has 1 aliphatic heterocycles. The number of likely N-dealkylation sites (N-methyl/N-ethyl adjacent to an activating group) is 1. The van der Waals surface area contributed by atoms with E-state index in [9.17, 15) is 39.9 Å². The van der Waals surface area contributed by atoms with Crippen molar-refractivity contribution < 1.29 is 50.2 Å². The number of amides is 1. The Morgan fingerprint density at radius 1 is 1.17 bits per heavy atom. The largest absolute Gasteiger partial charge is 0.510 e. The van der Waals surface area contributed by atoms with Crippen LogP contribution in [0.5, 0.6) is 5.75 Å². The smallest absolute Gasteiger partial charge is 0.291 e. The van der Waals surface area contributed by atoms with Crippen LogP contribution in [0.4, 0.5) is 0 Å². The fourth-order valence-electron chi connectivity index (χ4n) is 6.70. The second-order valence-corrected chi connectivity index (χ2v) is 11.3. The number of nitrogens with one attached hydrogen (secondary N) is 1.